The van der Waals surface area contributed by atoms with Crippen molar-refractivity contribution in [1.82, 2.24) is 10.2 Å². The molecule has 0 saturated heterocycles. The van der Waals surface area contributed by atoms with Crippen LogP contribution in [0.4, 0.5) is 5.69 Å². The highest BCUT2D eigenvalue weighted by atomic mass is 16.5. The maximum Gasteiger partial charge on any atom is 0.273 e. The number of aromatic amines is 1. The number of nitrogens with one attached hydrogen (secondary N) is 2. The number of rotatable bonds is 7. The maximum atomic E-state index is 12.5. The number of benzene rings is 2. The molecule has 2 N–H and O–H groups in total. The van der Waals surface area contributed by atoms with Gasteiger partial charge in [0.05, 0.1) is 12.3 Å². The van der Waals surface area contributed by atoms with Crippen LogP contribution in [0, 0.1) is 5.92 Å². The Morgan fingerprint density at radius 1 is 1.12 bits per heavy atom. The molecular formula is C21H21N3O2. The molecular weight excluding hydrogens is 326 g/mol. The average molecular weight is 347 g/mol. The summed E-state index contributed by atoms with van der Waals surface area (Å²) in [4.78, 5) is 12.5. The number of hydrogen-bond donors (Lipinski definition) is 2. The largest absolute Gasteiger partial charge is 0.376 e. The molecule has 1 aliphatic rings. The normalized spacial score (nSPS) is 13.5. The Balaban J connectivity index is 1.39. The summed E-state index contributed by atoms with van der Waals surface area (Å²) in [6.45, 7) is 1.40. The zero-order valence-corrected chi connectivity index (χ0v) is 14.4. The van der Waals surface area contributed by atoms with Gasteiger partial charge < -0.3 is 10.1 Å². The molecule has 1 heterocycles. The molecule has 0 aliphatic heterocycles. The Bertz CT molecular complexity index is 885. The molecule has 3 aromatic rings. The Hall–Kier alpha value is -2.92. The summed E-state index contributed by atoms with van der Waals surface area (Å²) < 4.78 is 5.71. The van der Waals surface area contributed by atoms with E-state index < -0.39 is 0 Å². The molecule has 0 unspecified atom stereocenters. The van der Waals surface area contributed by atoms with Crippen LogP contribution in [0.25, 0.3) is 11.3 Å². The molecule has 0 spiro atoms. The Kier molecular flexibility index (Phi) is 4.80. The smallest absolute Gasteiger partial charge is 0.273 e. The van der Waals surface area contributed by atoms with Gasteiger partial charge in [-0.15, -0.1) is 0 Å². The first-order chi connectivity index (χ1) is 12.8. The lowest BCUT2D eigenvalue weighted by Crippen LogP contribution is -2.12. The Morgan fingerprint density at radius 3 is 2.77 bits per heavy atom. The van der Waals surface area contributed by atoms with Crippen LogP contribution < -0.4 is 5.32 Å². The van der Waals surface area contributed by atoms with Crippen molar-refractivity contribution in [1.29, 1.82) is 0 Å². The molecule has 4 rings (SSSR count). The van der Waals surface area contributed by atoms with Crippen LogP contribution in [-0.2, 0) is 11.3 Å². The molecule has 1 saturated carbocycles. The number of carbonyl (C=O) groups excluding carboxylic acids is 1. The van der Waals surface area contributed by atoms with Gasteiger partial charge in [0.15, 0.2) is 0 Å². The van der Waals surface area contributed by atoms with E-state index in [1.165, 1.54) is 12.8 Å². The van der Waals surface area contributed by atoms with Crippen molar-refractivity contribution >= 4 is 11.6 Å². The lowest BCUT2D eigenvalue weighted by molar-refractivity contribution is 0.102. The molecule has 5 nitrogen and oxygen atoms in total. The van der Waals surface area contributed by atoms with E-state index in [0.29, 0.717) is 12.3 Å². The van der Waals surface area contributed by atoms with E-state index in [2.05, 4.69) is 15.5 Å². The quantitative estimate of drug-likeness (QED) is 0.671. The minimum Gasteiger partial charge on any atom is -0.376 e. The van der Waals surface area contributed by atoms with Crippen molar-refractivity contribution in [3.8, 4) is 11.3 Å². The van der Waals surface area contributed by atoms with Crippen molar-refractivity contribution in [2.45, 2.75) is 19.4 Å². The van der Waals surface area contributed by atoms with Crippen LogP contribution >= 0.6 is 0 Å². The van der Waals surface area contributed by atoms with E-state index in [0.717, 1.165) is 35.0 Å². The SMILES string of the molecule is O=C(Nc1cccc(COCC2CC2)c1)c1cc(-c2ccccc2)n[nH]1. The molecule has 0 atom stereocenters. The van der Waals surface area contributed by atoms with E-state index in [4.69, 9.17) is 4.74 Å². The molecule has 2 aromatic carbocycles. The fourth-order valence-electron chi connectivity index (χ4n) is 2.76. The highest BCUT2D eigenvalue weighted by Crippen LogP contribution is 2.29. The van der Waals surface area contributed by atoms with E-state index in [1.807, 2.05) is 54.6 Å². The summed E-state index contributed by atoms with van der Waals surface area (Å²) in [6, 6.07) is 19.3. The van der Waals surface area contributed by atoms with Crippen LogP contribution in [0.2, 0.25) is 0 Å². The number of aromatic nitrogens is 2. The number of H-pyrrole nitrogens is 1. The summed E-state index contributed by atoms with van der Waals surface area (Å²) in [5, 5.41) is 9.94. The molecule has 0 bridgehead atoms. The molecule has 1 aliphatic carbocycles. The number of anilines is 1. The van der Waals surface area contributed by atoms with Crippen LogP contribution in [0.3, 0.4) is 0 Å². The standard InChI is InChI=1S/C21H21N3O2/c25-21(20-12-19(23-24-20)17-6-2-1-3-7-17)22-18-8-4-5-16(11-18)14-26-13-15-9-10-15/h1-8,11-12,15H,9-10,13-14H2,(H,22,25)(H,23,24). The van der Waals surface area contributed by atoms with E-state index >= 15 is 0 Å². The minimum absolute atomic E-state index is 0.212. The first-order valence-corrected chi connectivity index (χ1v) is 8.87. The second-order valence-corrected chi connectivity index (χ2v) is 6.65. The zero-order chi connectivity index (χ0) is 17.8. The van der Waals surface area contributed by atoms with Gasteiger partial charge in [-0.1, -0.05) is 42.5 Å². The molecule has 26 heavy (non-hydrogen) atoms. The third-order valence-electron chi connectivity index (χ3n) is 4.40. The molecule has 5 heteroatoms. The average Bonchev–Trinajstić information content (AvgIpc) is 3.35. The monoisotopic (exact) mass is 347 g/mol. The highest BCUT2D eigenvalue weighted by Gasteiger charge is 2.21. The van der Waals surface area contributed by atoms with Crippen molar-refractivity contribution < 1.29 is 9.53 Å². The topological polar surface area (TPSA) is 67.0 Å². The number of ether oxygens (including phenoxy) is 1. The third-order valence-corrected chi connectivity index (χ3v) is 4.40. The molecule has 132 valence electrons. The molecule has 1 aromatic heterocycles. The second-order valence-electron chi connectivity index (χ2n) is 6.65. The van der Waals surface area contributed by atoms with Gasteiger partial charge in [-0.2, -0.15) is 5.10 Å². The summed E-state index contributed by atoms with van der Waals surface area (Å²) in [5.74, 6) is 0.535. The van der Waals surface area contributed by atoms with Gasteiger partial charge in [-0.05, 0) is 42.5 Å². The Morgan fingerprint density at radius 2 is 1.96 bits per heavy atom. The summed E-state index contributed by atoms with van der Waals surface area (Å²) in [7, 11) is 0. The Labute approximate surface area is 152 Å². The van der Waals surface area contributed by atoms with Crippen LogP contribution in [0.1, 0.15) is 28.9 Å². The van der Waals surface area contributed by atoms with Crippen molar-refractivity contribution in [2.75, 3.05) is 11.9 Å². The van der Waals surface area contributed by atoms with Crippen molar-refractivity contribution in [3.05, 3.63) is 71.9 Å². The number of nitrogens with zero attached hydrogens (tertiary/aromatic N) is 1. The number of amides is 1. The highest BCUT2D eigenvalue weighted by molar-refractivity contribution is 6.03. The van der Waals surface area contributed by atoms with Crippen LogP contribution in [0.5, 0.6) is 0 Å². The molecule has 0 radical (unpaired) electrons. The first kappa shape index (κ1) is 16.5. The van der Waals surface area contributed by atoms with E-state index in [-0.39, 0.29) is 5.91 Å². The van der Waals surface area contributed by atoms with Gasteiger partial charge in [0.25, 0.3) is 5.91 Å². The maximum absolute atomic E-state index is 12.5. The van der Waals surface area contributed by atoms with Crippen molar-refractivity contribution in [2.24, 2.45) is 5.92 Å². The van der Waals surface area contributed by atoms with Gasteiger partial charge in [-0.3, -0.25) is 9.89 Å². The van der Waals surface area contributed by atoms with Gasteiger partial charge in [0, 0.05) is 17.9 Å². The zero-order valence-electron chi connectivity index (χ0n) is 14.4. The lowest BCUT2D eigenvalue weighted by atomic mass is 10.1. The number of hydrogen-bond acceptors (Lipinski definition) is 3. The van der Waals surface area contributed by atoms with Gasteiger partial charge in [0.2, 0.25) is 0 Å². The summed E-state index contributed by atoms with van der Waals surface area (Å²) in [6.07, 6.45) is 2.57. The fraction of sp³-hybridized carbons (Fsp3) is 0.238. The summed E-state index contributed by atoms with van der Waals surface area (Å²) >= 11 is 0. The lowest BCUT2D eigenvalue weighted by Gasteiger charge is -2.07. The van der Waals surface area contributed by atoms with Crippen LogP contribution in [0.15, 0.2) is 60.7 Å². The van der Waals surface area contributed by atoms with Gasteiger partial charge in [0.1, 0.15) is 5.69 Å². The van der Waals surface area contributed by atoms with Crippen molar-refractivity contribution in [3.63, 3.8) is 0 Å². The predicted molar refractivity (Wildman–Crippen MR) is 101 cm³/mol. The molecule has 1 amide bonds. The minimum atomic E-state index is -0.212. The fourth-order valence-corrected chi connectivity index (χ4v) is 2.76. The van der Waals surface area contributed by atoms with E-state index in [1.54, 1.807) is 6.07 Å². The number of carbonyl (C=O) groups is 1. The van der Waals surface area contributed by atoms with Crippen LogP contribution in [-0.4, -0.2) is 22.7 Å². The first-order valence-electron chi connectivity index (χ1n) is 8.87. The van der Waals surface area contributed by atoms with Gasteiger partial charge >= 0.3 is 0 Å². The third kappa shape index (κ3) is 4.18. The predicted octanol–water partition coefficient (Wildman–Crippen LogP) is 4.26. The van der Waals surface area contributed by atoms with Gasteiger partial charge in [-0.25, -0.2) is 0 Å². The second kappa shape index (κ2) is 7.54. The van der Waals surface area contributed by atoms with E-state index in [9.17, 15) is 4.79 Å². The summed E-state index contributed by atoms with van der Waals surface area (Å²) in [5.41, 5.74) is 3.95. The molecule has 1 fully saturated rings.